The standard InChI is InChI=1S/C12H20N2O2S/c1-4-7-9(5-2)14-11-10(13-8-17-11)12(15)16-6-3/h8-9,14H,4-7H2,1-3H3. The molecule has 0 aromatic carbocycles. The van der Waals surface area contributed by atoms with Crippen LogP contribution in [0.25, 0.3) is 0 Å². The van der Waals surface area contributed by atoms with E-state index >= 15 is 0 Å². The van der Waals surface area contributed by atoms with Crippen molar-refractivity contribution in [2.45, 2.75) is 46.1 Å². The average Bonchev–Trinajstić information content (AvgIpc) is 2.77. The summed E-state index contributed by atoms with van der Waals surface area (Å²) in [7, 11) is 0. The lowest BCUT2D eigenvalue weighted by Crippen LogP contribution is -2.19. The molecule has 1 atom stereocenters. The summed E-state index contributed by atoms with van der Waals surface area (Å²) in [6.07, 6.45) is 3.25. The fraction of sp³-hybridized carbons (Fsp3) is 0.667. The molecule has 1 aromatic rings. The molecule has 1 heterocycles. The Morgan fingerprint density at radius 1 is 1.53 bits per heavy atom. The first-order valence-electron chi connectivity index (χ1n) is 6.10. The molecule has 0 aliphatic carbocycles. The number of nitrogens with zero attached hydrogens (tertiary/aromatic N) is 1. The Kier molecular flexibility index (Phi) is 5.97. The predicted octanol–water partition coefficient (Wildman–Crippen LogP) is 3.31. The maximum absolute atomic E-state index is 11.6. The highest BCUT2D eigenvalue weighted by molar-refractivity contribution is 7.14. The third-order valence-corrected chi connectivity index (χ3v) is 3.26. The summed E-state index contributed by atoms with van der Waals surface area (Å²) >= 11 is 1.45. The number of hydrogen-bond donors (Lipinski definition) is 1. The van der Waals surface area contributed by atoms with Crippen molar-refractivity contribution in [3.63, 3.8) is 0 Å². The van der Waals surface area contributed by atoms with Crippen molar-refractivity contribution in [3.05, 3.63) is 11.2 Å². The zero-order chi connectivity index (χ0) is 12.7. The molecule has 0 saturated heterocycles. The quantitative estimate of drug-likeness (QED) is 0.760. The highest BCUT2D eigenvalue weighted by atomic mass is 32.1. The second-order valence-electron chi connectivity index (χ2n) is 3.79. The number of ether oxygens (including phenoxy) is 1. The Balaban J connectivity index is 2.70. The molecular weight excluding hydrogens is 236 g/mol. The zero-order valence-corrected chi connectivity index (χ0v) is 11.5. The van der Waals surface area contributed by atoms with Crippen LogP contribution in [0.1, 0.15) is 50.5 Å². The third-order valence-electron chi connectivity index (χ3n) is 2.50. The number of carbonyl (C=O) groups excluding carboxylic acids is 1. The van der Waals surface area contributed by atoms with Gasteiger partial charge in [-0.15, -0.1) is 11.3 Å². The van der Waals surface area contributed by atoms with Crippen LogP contribution in [-0.2, 0) is 4.74 Å². The molecule has 1 unspecified atom stereocenters. The Hall–Kier alpha value is -1.10. The van der Waals surface area contributed by atoms with Gasteiger partial charge in [0.2, 0.25) is 0 Å². The minimum Gasteiger partial charge on any atom is -0.461 e. The van der Waals surface area contributed by atoms with E-state index in [4.69, 9.17) is 4.74 Å². The summed E-state index contributed by atoms with van der Waals surface area (Å²) in [4.78, 5) is 15.7. The fourth-order valence-electron chi connectivity index (χ4n) is 1.61. The molecule has 5 heteroatoms. The maximum atomic E-state index is 11.6. The second-order valence-corrected chi connectivity index (χ2v) is 4.64. The van der Waals surface area contributed by atoms with Crippen LogP contribution in [-0.4, -0.2) is 23.6 Å². The molecular formula is C12H20N2O2S. The van der Waals surface area contributed by atoms with Crippen LogP contribution in [0, 0.1) is 0 Å². The van der Waals surface area contributed by atoms with Gasteiger partial charge in [0.1, 0.15) is 5.00 Å². The summed E-state index contributed by atoms with van der Waals surface area (Å²) in [5, 5.41) is 4.20. The van der Waals surface area contributed by atoms with Crippen LogP contribution in [0.4, 0.5) is 5.00 Å². The van der Waals surface area contributed by atoms with Gasteiger partial charge < -0.3 is 10.1 Å². The molecule has 96 valence electrons. The van der Waals surface area contributed by atoms with E-state index < -0.39 is 0 Å². The first-order chi connectivity index (χ1) is 8.22. The first-order valence-corrected chi connectivity index (χ1v) is 6.97. The molecule has 0 bridgehead atoms. The number of carbonyl (C=O) groups is 1. The van der Waals surface area contributed by atoms with Gasteiger partial charge in [-0.1, -0.05) is 20.3 Å². The van der Waals surface area contributed by atoms with Crippen molar-refractivity contribution in [2.24, 2.45) is 0 Å². The van der Waals surface area contributed by atoms with Crippen LogP contribution in [0.15, 0.2) is 5.51 Å². The van der Waals surface area contributed by atoms with E-state index in [0.29, 0.717) is 18.3 Å². The second kappa shape index (κ2) is 7.27. The van der Waals surface area contributed by atoms with Gasteiger partial charge in [0.15, 0.2) is 5.69 Å². The lowest BCUT2D eigenvalue weighted by molar-refractivity contribution is 0.0521. The van der Waals surface area contributed by atoms with E-state index in [1.807, 2.05) is 0 Å². The molecule has 0 aliphatic heterocycles. The predicted molar refractivity (Wildman–Crippen MR) is 70.7 cm³/mol. The van der Waals surface area contributed by atoms with Crippen molar-refractivity contribution in [3.8, 4) is 0 Å². The molecule has 4 nitrogen and oxygen atoms in total. The van der Waals surface area contributed by atoms with Crippen molar-refractivity contribution in [2.75, 3.05) is 11.9 Å². The number of nitrogens with one attached hydrogen (secondary N) is 1. The smallest absolute Gasteiger partial charge is 0.360 e. The number of rotatable bonds is 7. The zero-order valence-electron chi connectivity index (χ0n) is 10.7. The van der Waals surface area contributed by atoms with Crippen molar-refractivity contribution in [1.82, 2.24) is 4.98 Å². The molecule has 0 aliphatic rings. The molecule has 0 saturated carbocycles. The van der Waals surface area contributed by atoms with Crippen LogP contribution in [0.3, 0.4) is 0 Å². The number of esters is 1. The van der Waals surface area contributed by atoms with E-state index in [1.54, 1.807) is 12.4 Å². The Bertz CT molecular complexity index is 352. The van der Waals surface area contributed by atoms with E-state index in [9.17, 15) is 4.79 Å². The first kappa shape index (κ1) is 14.0. The molecule has 1 aromatic heterocycles. The highest BCUT2D eigenvalue weighted by Gasteiger charge is 2.17. The van der Waals surface area contributed by atoms with E-state index in [2.05, 4.69) is 24.1 Å². The summed E-state index contributed by atoms with van der Waals surface area (Å²) in [5.74, 6) is -0.345. The molecule has 0 fully saturated rings. The summed E-state index contributed by atoms with van der Waals surface area (Å²) < 4.78 is 4.97. The largest absolute Gasteiger partial charge is 0.461 e. The van der Waals surface area contributed by atoms with Crippen LogP contribution >= 0.6 is 11.3 Å². The number of hydrogen-bond acceptors (Lipinski definition) is 5. The van der Waals surface area contributed by atoms with Gasteiger partial charge in [0, 0.05) is 6.04 Å². The van der Waals surface area contributed by atoms with Crippen molar-refractivity contribution < 1.29 is 9.53 Å². The van der Waals surface area contributed by atoms with Gasteiger partial charge in [-0.3, -0.25) is 0 Å². The fourth-order valence-corrected chi connectivity index (χ4v) is 2.35. The van der Waals surface area contributed by atoms with E-state index in [-0.39, 0.29) is 5.97 Å². The average molecular weight is 256 g/mol. The van der Waals surface area contributed by atoms with E-state index in [0.717, 1.165) is 24.3 Å². The molecule has 0 amide bonds. The SMILES string of the molecule is CCCC(CC)Nc1scnc1C(=O)OCC. The highest BCUT2D eigenvalue weighted by Crippen LogP contribution is 2.23. The summed E-state index contributed by atoms with van der Waals surface area (Å²) in [6.45, 7) is 6.47. The minimum absolute atomic E-state index is 0.345. The van der Waals surface area contributed by atoms with Gasteiger partial charge in [0.25, 0.3) is 0 Å². The number of thiazole rings is 1. The van der Waals surface area contributed by atoms with E-state index in [1.165, 1.54) is 11.3 Å². The van der Waals surface area contributed by atoms with Gasteiger partial charge in [-0.25, -0.2) is 9.78 Å². The van der Waals surface area contributed by atoms with Gasteiger partial charge in [-0.05, 0) is 19.8 Å². The monoisotopic (exact) mass is 256 g/mol. The lowest BCUT2D eigenvalue weighted by atomic mass is 10.1. The molecule has 0 radical (unpaired) electrons. The molecule has 0 spiro atoms. The lowest BCUT2D eigenvalue weighted by Gasteiger charge is -2.16. The number of aromatic nitrogens is 1. The third kappa shape index (κ3) is 4.00. The van der Waals surface area contributed by atoms with Gasteiger partial charge >= 0.3 is 5.97 Å². The van der Waals surface area contributed by atoms with Crippen molar-refractivity contribution in [1.29, 1.82) is 0 Å². The van der Waals surface area contributed by atoms with Gasteiger partial charge in [0.05, 0.1) is 12.1 Å². The van der Waals surface area contributed by atoms with Crippen LogP contribution in [0.2, 0.25) is 0 Å². The minimum atomic E-state index is -0.345. The topological polar surface area (TPSA) is 51.2 Å². The van der Waals surface area contributed by atoms with Gasteiger partial charge in [-0.2, -0.15) is 0 Å². The molecule has 1 rings (SSSR count). The Morgan fingerprint density at radius 3 is 2.88 bits per heavy atom. The Labute approximate surface area is 106 Å². The molecule has 17 heavy (non-hydrogen) atoms. The normalized spacial score (nSPS) is 12.2. The van der Waals surface area contributed by atoms with Crippen LogP contribution < -0.4 is 5.32 Å². The van der Waals surface area contributed by atoms with Crippen molar-refractivity contribution >= 4 is 22.3 Å². The Morgan fingerprint density at radius 2 is 2.29 bits per heavy atom. The molecule has 1 N–H and O–H groups in total. The maximum Gasteiger partial charge on any atom is 0.360 e. The summed E-state index contributed by atoms with van der Waals surface area (Å²) in [5.41, 5.74) is 2.08. The number of anilines is 1. The summed E-state index contributed by atoms with van der Waals surface area (Å²) in [6, 6.07) is 0.397. The van der Waals surface area contributed by atoms with Crippen LogP contribution in [0.5, 0.6) is 0 Å².